The lowest BCUT2D eigenvalue weighted by Crippen LogP contribution is -2.26. The molecule has 0 unspecified atom stereocenters. The van der Waals surface area contributed by atoms with Gasteiger partial charge in [-0.1, -0.05) is 20.8 Å². The zero-order valence-electron chi connectivity index (χ0n) is 11.2. The SMILES string of the molecule is CCN(Cc1sccc1C=CC(=O)O)CC(C)C. The number of rotatable bonds is 7. The summed E-state index contributed by atoms with van der Waals surface area (Å²) in [5.41, 5.74) is 1.02. The molecule has 4 heteroatoms. The van der Waals surface area contributed by atoms with Crippen LogP contribution < -0.4 is 0 Å². The minimum absolute atomic E-state index is 0.642. The third kappa shape index (κ3) is 5.02. The predicted octanol–water partition coefficient (Wildman–Crippen LogP) is 3.32. The predicted molar refractivity (Wildman–Crippen MR) is 76.8 cm³/mol. The molecular formula is C14H21NO2S. The molecular weight excluding hydrogens is 246 g/mol. The van der Waals surface area contributed by atoms with Gasteiger partial charge in [0.15, 0.2) is 0 Å². The van der Waals surface area contributed by atoms with E-state index >= 15 is 0 Å². The van der Waals surface area contributed by atoms with Crippen molar-refractivity contribution in [2.45, 2.75) is 27.3 Å². The summed E-state index contributed by atoms with van der Waals surface area (Å²) in [6.07, 6.45) is 2.88. The fraction of sp³-hybridized carbons (Fsp3) is 0.500. The van der Waals surface area contributed by atoms with E-state index in [-0.39, 0.29) is 0 Å². The van der Waals surface area contributed by atoms with E-state index in [0.717, 1.165) is 25.2 Å². The number of aliphatic carboxylic acids is 1. The fourth-order valence-electron chi connectivity index (χ4n) is 1.81. The number of carboxylic acid groups (broad SMARTS) is 1. The van der Waals surface area contributed by atoms with Crippen LogP contribution in [-0.4, -0.2) is 29.1 Å². The second-order valence-electron chi connectivity index (χ2n) is 4.69. The third-order valence-electron chi connectivity index (χ3n) is 2.62. The van der Waals surface area contributed by atoms with Gasteiger partial charge < -0.3 is 5.11 Å². The molecule has 0 aromatic carbocycles. The molecule has 18 heavy (non-hydrogen) atoms. The summed E-state index contributed by atoms with van der Waals surface area (Å²) in [5, 5.41) is 10.7. The van der Waals surface area contributed by atoms with Crippen LogP contribution in [0.5, 0.6) is 0 Å². The first-order valence-corrected chi connectivity index (χ1v) is 7.10. The molecule has 0 amide bonds. The van der Waals surface area contributed by atoms with Crippen LogP contribution in [0.15, 0.2) is 17.5 Å². The van der Waals surface area contributed by atoms with Crippen LogP contribution in [0.25, 0.3) is 6.08 Å². The van der Waals surface area contributed by atoms with Crippen LogP contribution >= 0.6 is 11.3 Å². The molecule has 1 aromatic rings. The monoisotopic (exact) mass is 267 g/mol. The maximum absolute atomic E-state index is 10.5. The Kier molecular flexibility index (Phi) is 6.09. The third-order valence-corrected chi connectivity index (χ3v) is 3.54. The number of carbonyl (C=O) groups is 1. The summed E-state index contributed by atoms with van der Waals surface area (Å²) < 4.78 is 0. The zero-order valence-corrected chi connectivity index (χ0v) is 12.0. The van der Waals surface area contributed by atoms with Gasteiger partial charge in [0.05, 0.1) is 0 Å². The minimum Gasteiger partial charge on any atom is -0.478 e. The summed E-state index contributed by atoms with van der Waals surface area (Å²) in [5.74, 6) is -0.260. The quantitative estimate of drug-likeness (QED) is 0.770. The first-order valence-electron chi connectivity index (χ1n) is 6.22. The smallest absolute Gasteiger partial charge is 0.328 e. The van der Waals surface area contributed by atoms with E-state index < -0.39 is 5.97 Å². The molecule has 0 atom stereocenters. The van der Waals surface area contributed by atoms with Gasteiger partial charge in [-0.3, -0.25) is 4.90 Å². The molecule has 0 saturated carbocycles. The number of thiophene rings is 1. The van der Waals surface area contributed by atoms with Crippen molar-refractivity contribution in [3.05, 3.63) is 28.0 Å². The Morgan fingerprint density at radius 2 is 2.28 bits per heavy atom. The van der Waals surface area contributed by atoms with Gasteiger partial charge in [0.2, 0.25) is 0 Å². The van der Waals surface area contributed by atoms with Crippen LogP contribution in [0.4, 0.5) is 0 Å². The molecule has 0 bridgehead atoms. The largest absolute Gasteiger partial charge is 0.478 e. The van der Waals surface area contributed by atoms with E-state index in [2.05, 4.69) is 25.7 Å². The van der Waals surface area contributed by atoms with Gasteiger partial charge in [0, 0.05) is 24.0 Å². The minimum atomic E-state index is -0.901. The van der Waals surface area contributed by atoms with Crippen LogP contribution in [0.2, 0.25) is 0 Å². The summed E-state index contributed by atoms with van der Waals surface area (Å²) in [6, 6.07) is 1.97. The van der Waals surface area contributed by atoms with Crippen LogP contribution in [0.1, 0.15) is 31.2 Å². The molecule has 3 nitrogen and oxygen atoms in total. The lowest BCUT2D eigenvalue weighted by Gasteiger charge is -2.22. The van der Waals surface area contributed by atoms with E-state index in [1.165, 1.54) is 11.0 Å². The van der Waals surface area contributed by atoms with Gasteiger partial charge in [0.1, 0.15) is 0 Å². The molecule has 0 fully saturated rings. The highest BCUT2D eigenvalue weighted by Crippen LogP contribution is 2.20. The summed E-state index contributed by atoms with van der Waals surface area (Å²) >= 11 is 1.69. The Labute approximate surface area is 113 Å². The van der Waals surface area contributed by atoms with E-state index in [9.17, 15) is 4.79 Å². The molecule has 1 aromatic heterocycles. The molecule has 1 heterocycles. The van der Waals surface area contributed by atoms with Crippen molar-refractivity contribution in [1.82, 2.24) is 4.90 Å². The molecule has 0 aliphatic heterocycles. The normalized spacial score (nSPS) is 11.8. The topological polar surface area (TPSA) is 40.5 Å². The van der Waals surface area contributed by atoms with Gasteiger partial charge >= 0.3 is 5.97 Å². The molecule has 0 radical (unpaired) electrons. The molecule has 0 aliphatic rings. The molecule has 1 rings (SSSR count). The summed E-state index contributed by atoms with van der Waals surface area (Å²) in [6.45, 7) is 9.55. The highest BCUT2D eigenvalue weighted by molar-refractivity contribution is 7.10. The van der Waals surface area contributed by atoms with Crippen LogP contribution in [-0.2, 0) is 11.3 Å². The van der Waals surface area contributed by atoms with Crippen molar-refractivity contribution in [2.75, 3.05) is 13.1 Å². The molecule has 100 valence electrons. The zero-order chi connectivity index (χ0) is 13.5. The van der Waals surface area contributed by atoms with Crippen molar-refractivity contribution >= 4 is 23.4 Å². The molecule has 1 N–H and O–H groups in total. The summed E-state index contributed by atoms with van der Waals surface area (Å²) in [7, 11) is 0. The molecule has 0 spiro atoms. The Morgan fingerprint density at radius 1 is 1.56 bits per heavy atom. The number of hydrogen-bond donors (Lipinski definition) is 1. The average Bonchev–Trinajstić information content (AvgIpc) is 2.72. The van der Waals surface area contributed by atoms with Gasteiger partial charge in [-0.25, -0.2) is 4.79 Å². The van der Waals surface area contributed by atoms with Crippen molar-refractivity contribution in [2.24, 2.45) is 5.92 Å². The maximum atomic E-state index is 10.5. The van der Waals surface area contributed by atoms with E-state index in [0.29, 0.717) is 5.92 Å². The fourth-order valence-corrected chi connectivity index (χ4v) is 2.72. The maximum Gasteiger partial charge on any atom is 0.328 e. The number of nitrogens with zero attached hydrogens (tertiary/aromatic N) is 1. The number of hydrogen-bond acceptors (Lipinski definition) is 3. The van der Waals surface area contributed by atoms with Crippen molar-refractivity contribution in [3.8, 4) is 0 Å². The van der Waals surface area contributed by atoms with Crippen LogP contribution in [0.3, 0.4) is 0 Å². The second-order valence-corrected chi connectivity index (χ2v) is 5.69. The highest BCUT2D eigenvalue weighted by atomic mass is 32.1. The van der Waals surface area contributed by atoms with Crippen molar-refractivity contribution in [3.63, 3.8) is 0 Å². The van der Waals surface area contributed by atoms with E-state index in [1.807, 2.05) is 11.4 Å². The Balaban J connectivity index is 2.71. The van der Waals surface area contributed by atoms with Gasteiger partial charge in [-0.2, -0.15) is 0 Å². The van der Waals surface area contributed by atoms with Crippen molar-refractivity contribution < 1.29 is 9.90 Å². The first kappa shape index (κ1) is 14.9. The average molecular weight is 267 g/mol. The van der Waals surface area contributed by atoms with E-state index in [4.69, 9.17) is 5.11 Å². The van der Waals surface area contributed by atoms with Crippen molar-refractivity contribution in [1.29, 1.82) is 0 Å². The highest BCUT2D eigenvalue weighted by Gasteiger charge is 2.09. The Hall–Kier alpha value is -1.13. The first-order chi connectivity index (χ1) is 8.52. The van der Waals surface area contributed by atoms with Gasteiger partial charge in [-0.15, -0.1) is 11.3 Å². The second kappa shape index (κ2) is 7.34. The standard InChI is InChI=1S/C14H21NO2S/c1-4-15(9-11(2)3)10-13-12(7-8-18-13)5-6-14(16)17/h5-8,11H,4,9-10H2,1-3H3,(H,16,17). The molecule has 0 saturated heterocycles. The molecule has 0 aliphatic carbocycles. The lowest BCUT2D eigenvalue weighted by atomic mass is 10.2. The lowest BCUT2D eigenvalue weighted by molar-refractivity contribution is -0.131. The van der Waals surface area contributed by atoms with Gasteiger partial charge in [-0.05, 0) is 35.5 Å². The Bertz CT molecular complexity index is 410. The van der Waals surface area contributed by atoms with E-state index in [1.54, 1.807) is 17.4 Å². The van der Waals surface area contributed by atoms with Gasteiger partial charge in [0.25, 0.3) is 0 Å². The number of carboxylic acids is 1. The van der Waals surface area contributed by atoms with Crippen LogP contribution in [0, 0.1) is 5.92 Å². The Morgan fingerprint density at radius 3 is 2.83 bits per heavy atom. The summed E-state index contributed by atoms with van der Waals surface area (Å²) in [4.78, 5) is 14.2.